The monoisotopic (exact) mass is 343 g/mol. The smallest absolute Gasteiger partial charge is 0.124 e. The maximum absolute atomic E-state index is 13.1. The topological polar surface area (TPSA) is 35.2 Å². The molecule has 0 saturated heterocycles. The van der Waals surface area contributed by atoms with E-state index < -0.39 is 0 Å². The Bertz CT molecular complexity index is 592. The summed E-state index contributed by atoms with van der Waals surface area (Å²) in [4.78, 5) is 0. The van der Waals surface area contributed by atoms with Gasteiger partial charge in [-0.25, -0.2) is 4.39 Å². The van der Waals surface area contributed by atoms with E-state index >= 15 is 0 Å². The minimum atomic E-state index is -0.335. The lowest BCUT2D eigenvalue weighted by Crippen LogP contribution is -2.03. The van der Waals surface area contributed by atoms with Gasteiger partial charge in [0, 0.05) is 27.2 Å². The van der Waals surface area contributed by atoms with Crippen LogP contribution in [0.2, 0.25) is 5.02 Å². The van der Waals surface area contributed by atoms with E-state index in [1.54, 1.807) is 0 Å². The quantitative estimate of drug-likeness (QED) is 0.898. The van der Waals surface area contributed by atoms with Crippen LogP contribution >= 0.6 is 27.5 Å². The average molecular weight is 345 g/mol. The third-order valence-corrected chi connectivity index (χ3v) is 3.50. The van der Waals surface area contributed by atoms with Crippen molar-refractivity contribution in [3.8, 4) is 5.75 Å². The zero-order chi connectivity index (χ0) is 13.8. The van der Waals surface area contributed by atoms with E-state index in [4.69, 9.17) is 22.1 Å². The molecule has 0 aliphatic rings. The molecule has 19 heavy (non-hydrogen) atoms. The Kier molecular flexibility index (Phi) is 4.80. The molecule has 2 aromatic rings. The van der Waals surface area contributed by atoms with Gasteiger partial charge in [-0.15, -0.1) is 0 Å². The van der Waals surface area contributed by atoms with Crippen molar-refractivity contribution in [3.63, 3.8) is 0 Å². The molecule has 0 heterocycles. The maximum Gasteiger partial charge on any atom is 0.124 e. The van der Waals surface area contributed by atoms with Crippen molar-refractivity contribution in [1.29, 1.82) is 0 Å². The largest absolute Gasteiger partial charge is 0.489 e. The van der Waals surface area contributed by atoms with Gasteiger partial charge in [0.25, 0.3) is 0 Å². The number of hydrogen-bond donors (Lipinski definition) is 1. The molecule has 2 aromatic carbocycles. The van der Waals surface area contributed by atoms with Crippen LogP contribution in [0, 0.1) is 5.82 Å². The van der Waals surface area contributed by atoms with E-state index in [1.807, 2.05) is 18.2 Å². The van der Waals surface area contributed by atoms with Crippen LogP contribution in [-0.2, 0) is 13.2 Å². The maximum atomic E-state index is 13.1. The predicted molar refractivity (Wildman–Crippen MR) is 77.8 cm³/mol. The van der Waals surface area contributed by atoms with Crippen LogP contribution in [0.5, 0.6) is 5.75 Å². The summed E-state index contributed by atoms with van der Waals surface area (Å²) < 4.78 is 19.7. The first-order chi connectivity index (χ1) is 9.10. The molecule has 0 aliphatic heterocycles. The van der Waals surface area contributed by atoms with E-state index in [2.05, 4.69) is 15.9 Å². The zero-order valence-corrected chi connectivity index (χ0v) is 12.3. The predicted octanol–water partition coefficient (Wildman–Crippen LogP) is 4.28. The Morgan fingerprint density at radius 3 is 2.68 bits per heavy atom. The zero-order valence-electron chi connectivity index (χ0n) is 10.00. The Morgan fingerprint density at radius 2 is 1.95 bits per heavy atom. The lowest BCUT2D eigenvalue weighted by molar-refractivity contribution is 0.302. The van der Waals surface area contributed by atoms with Crippen LogP contribution < -0.4 is 10.5 Å². The van der Waals surface area contributed by atoms with Gasteiger partial charge in [0.15, 0.2) is 0 Å². The first kappa shape index (κ1) is 14.3. The fourth-order valence-electron chi connectivity index (χ4n) is 1.66. The Morgan fingerprint density at radius 1 is 1.16 bits per heavy atom. The second-order valence-electron chi connectivity index (χ2n) is 3.98. The molecule has 0 spiro atoms. The average Bonchev–Trinajstić information content (AvgIpc) is 2.40. The summed E-state index contributed by atoms with van der Waals surface area (Å²) in [6.45, 7) is 0.566. The van der Waals surface area contributed by atoms with Gasteiger partial charge in [-0.2, -0.15) is 0 Å². The second-order valence-corrected chi connectivity index (χ2v) is 5.30. The molecule has 0 fully saturated rings. The molecule has 2 nitrogen and oxygen atoms in total. The molecule has 0 unspecified atom stereocenters. The van der Waals surface area contributed by atoms with E-state index in [9.17, 15) is 4.39 Å². The number of ether oxygens (including phenoxy) is 1. The number of benzene rings is 2. The summed E-state index contributed by atoms with van der Waals surface area (Å²) in [6.07, 6.45) is 0. The first-order valence-corrected chi connectivity index (χ1v) is 6.82. The van der Waals surface area contributed by atoms with Gasteiger partial charge in [0.2, 0.25) is 0 Å². The van der Waals surface area contributed by atoms with Crippen molar-refractivity contribution >= 4 is 27.5 Å². The molecule has 0 radical (unpaired) electrons. The molecular formula is C14H12BrClFNO. The van der Waals surface area contributed by atoms with Gasteiger partial charge < -0.3 is 10.5 Å². The Hall–Kier alpha value is -1.10. The molecule has 0 bridgehead atoms. The second kappa shape index (κ2) is 6.37. The lowest BCUT2D eigenvalue weighted by atomic mass is 10.2. The van der Waals surface area contributed by atoms with Gasteiger partial charge in [-0.1, -0.05) is 27.5 Å². The van der Waals surface area contributed by atoms with Gasteiger partial charge in [0.05, 0.1) is 0 Å². The summed E-state index contributed by atoms with van der Waals surface area (Å²) in [5, 5.41) is 0.479. The van der Waals surface area contributed by atoms with E-state index in [1.165, 1.54) is 18.2 Å². The van der Waals surface area contributed by atoms with Crippen molar-refractivity contribution in [2.24, 2.45) is 5.73 Å². The van der Waals surface area contributed by atoms with Gasteiger partial charge >= 0.3 is 0 Å². The molecule has 5 heteroatoms. The van der Waals surface area contributed by atoms with E-state index in [0.29, 0.717) is 22.9 Å². The van der Waals surface area contributed by atoms with Crippen molar-refractivity contribution in [2.45, 2.75) is 13.2 Å². The van der Waals surface area contributed by atoms with Crippen LogP contribution in [-0.4, -0.2) is 0 Å². The van der Waals surface area contributed by atoms with Crippen LogP contribution in [0.3, 0.4) is 0 Å². The molecule has 2 rings (SSSR count). The molecule has 2 N–H and O–H groups in total. The standard InChI is InChI=1S/C14H12BrClFNO/c15-11-1-4-14(9(5-11)7-18)19-8-10-6-12(17)2-3-13(10)16/h1-6H,7-8,18H2. The number of hydrogen-bond acceptors (Lipinski definition) is 2. The van der Waals surface area contributed by atoms with Crippen LogP contribution in [0.1, 0.15) is 11.1 Å². The minimum absolute atomic E-state index is 0.200. The Balaban J connectivity index is 2.16. The molecule has 0 aromatic heterocycles. The van der Waals surface area contributed by atoms with E-state index in [0.717, 1.165) is 10.0 Å². The van der Waals surface area contributed by atoms with Crippen molar-refractivity contribution in [2.75, 3.05) is 0 Å². The molecule has 0 aliphatic carbocycles. The summed E-state index contributed by atoms with van der Waals surface area (Å²) in [7, 11) is 0. The van der Waals surface area contributed by atoms with Gasteiger partial charge in [-0.3, -0.25) is 0 Å². The summed E-state index contributed by atoms with van der Waals surface area (Å²) in [5.41, 5.74) is 7.14. The summed E-state index contributed by atoms with van der Waals surface area (Å²) in [6, 6.07) is 9.77. The Labute approximate surface area is 124 Å². The molecule has 100 valence electrons. The first-order valence-electron chi connectivity index (χ1n) is 5.65. The highest BCUT2D eigenvalue weighted by atomic mass is 79.9. The third-order valence-electron chi connectivity index (χ3n) is 2.63. The fourth-order valence-corrected chi connectivity index (χ4v) is 2.24. The van der Waals surface area contributed by atoms with Crippen molar-refractivity contribution < 1.29 is 9.13 Å². The molecule has 0 saturated carbocycles. The fraction of sp³-hybridized carbons (Fsp3) is 0.143. The minimum Gasteiger partial charge on any atom is -0.489 e. The number of rotatable bonds is 4. The highest BCUT2D eigenvalue weighted by Crippen LogP contribution is 2.25. The molecule has 0 amide bonds. The van der Waals surface area contributed by atoms with Crippen LogP contribution in [0.25, 0.3) is 0 Å². The SMILES string of the molecule is NCc1cc(Br)ccc1OCc1cc(F)ccc1Cl. The lowest BCUT2D eigenvalue weighted by Gasteiger charge is -2.11. The van der Waals surface area contributed by atoms with Crippen molar-refractivity contribution in [3.05, 3.63) is 62.8 Å². The van der Waals surface area contributed by atoms with E-state index in [-0.39, 0.29) is 12.4 Å². The summed E-state index contributed by atoms with van der Waals surface area (Å²) in [5.74, 6) is 0.337. The molecule has 0 atom stereocenters. The normalized spacial score (nSPS) is 10.5. The van der Waals surface area contributed by atoms with Crippen LogP contribution in [0.15, 0.2) is 40.9 Å². The van der Waals surface area contributed by atoms with Crippen molar-refractivity contribution in [1.82, 2.24) is 0 Å². The third kappa shape index (κ3) is 3.69. The molecular weight excluding hydrogens is 333 g/mol. The number of nitrogens with two attached hydrogens (primary N) is 1. The van der Waals surface area contributed by atoms with Crippen LogP contribution in [0.4, 0.5) is 4.39 Å². The summed E-state index contributed by atoms with van der Waals surface area (Å²) >= 11 is 9.35. The van der Waals surface area contributed by atoms with Gasteiger partial charge in [0.1, 0.15) is 18.2 Å². The van der Waals surface area contributed by atoms with Gasteiger partial charge in [-0.05, 0) is 36.4 Å². The highest BCUT2D eigenvalue weighted by Gasteiger charge is 2.06. The highest BCUT2D eigenvalue weighted by molar-refractivity contribution is 9.10. The number of halogens is 3.